The molecule has 2 aromatic rings. The second-order valence-electron chi connectivity index (χ2n) is 7.51. The summed E-state index contributed by atoms with van der Waals surface area (Å²) in [6.45, 7) is 8.91. The number of aryl methyl sites for hydroxylation is 3. The van der Waals surface area contributed by atoms with E-state index in [1.807, 2.05) is 55.1 Å². The largest absolute Gasteiger partial charge is 0.322 e. The van der Waals surface area contributed by atoms with Crippen LogP contribution in [-0.4, -0.2) is 18.4 Å². The number of carbonyl (C=O) groups is 2. The van der Waals surface area contributed by atoms with E-state index in [4.69, 9.17) is 0 Å². The lowest BCUT2D eigenvalue weighted by molar-refractivity contribution is -0.119. The Morgan fingerprint density at radius 2 is 1.88 bits per heavy atom. The van der Waals surface area contributed by atoms with Crippen molar-refractivity contribution in [1.82, 2.24) is 0 Å². The zero-order valence-electron chi connectivity index (χ0n) is 15.9. The highest BCUT2D eigenvalue weighted by atomic mass is 16.2. The summed E-state index contributed by atoms with van der Waals surface area (Å²) in [5, 5.41) is 2.99. The lowest BCUT2D eigenvalue weighted by Crippen LogP contribution is -2.37. The zero-order valence-corrected chi connectivity index (χ0v) is 15.9. The molecule has 0 saturated heterocycles. The molecular weight excluding hydrogens is 324 g/mol. The van der Waals surface area contributed by atoms with E-state index in [0.29, 0.717) is 17.9 Å². The predicted octanol–water partition coefficient (Wildman–Crippen LogP) is 4.49. The van der Waals surface area contributed by atoms with Crippen molar-refractivity contribution in [2.45, 2.75) is 40.5 Å². The van der Waals surface area contributed by atoms with Gasteiger partial charge in [0.25, 0.3) is 5.91 Å². The van der Waals surface area contributed by atoms with Gasteiger partial charge in [0.2, 0.25) is 5.91 Å². The van der Waals surface area contributed by atoms with Crippen molar-refractivity contribution in [1.29, 1.82) is 0 Å². The molecule has 0 aliphatic carbocycles. The summed E-state index contributed by atoms with van der Waals surface area (Å²) < 4.78 is 0. The smallest absolute Gasteiger partial charge is 0.255 e. The van der Waals surface area contributed by atoms with Gasteiger partial charge >= 0.3 is 0 Å². The topological polar surface area (TPSA) is 49.4 Å². The summed E-state index contributed by atoms with van der Waals surface area (Å²) in [6, 6.07) is 11.7. The maximum absolute atomic E-state index is 12.6. The number of anilines is 2. The van der Waals surface area contributed by atoms with Crippen LogP contribution in [0.5, 0.6) is 0 Å². The Bertz CT molecular complexity index is 855. The number of nitrogens with one attached hydrogen (secondary N) is 1. The lowest BCUT2D eigenvalue weighted by Gasteiger charge is -2.31. The molecule has 136 valence electrons. The number of nitrogens with zero attached hydrogens (tertiary/aromatic N) is 1. The van der Waals surface area contributed by atoms with Gasteiger partial charge in [-0.05, 0) is 61.6 Å². The van der Waals surface area contributed by atoms with Crippen molar-refractivity contribution >= 4 is 23.2 Å². The Morgan fingerprint density at radius 3 is 2.58 bits per heavy atom. The van der Waals surface area contributed by atoms with Crippen molar-refractivity contribution in [3.05, 3.63) is 58.7 Å². The average Bonchev–Trinajstić information content (AvgIpc) is 2.57. The summed E-state index contributed by atoms with van der Waals surface area (Å²) in [6.07, 6.45) is 1.24. The third-order valence-electron chi connectivity index (χ3n) is 4.71. The van der Waals surface area contributed by atoms with Crippen molar-refractivity contribution < 1.29 is 9.59 Å². The van der Waals surface area contributed by atoms with Crippen LogP contribution < -0.4 is 10.2 Å². The van der Waals surface area contributed by atoms with E-state index < -0.39 is 0 Å². The maximum Gasteiger partial charge on any atom is 0.255 e. The van der Waals surface area contributed by atoms with Crippen LogP contribution >= 0.6 is 0 Å². The normalized spacial score (nSPS) is 13.7. The molecule has 1 aliphatic rings. The minimum absolute atomic E-state index is 0.103. The monoisotopic (exact) mass is 350 g/mol. The quantitative estimate of drug-likeness (QED) is 0.883. The first-order valence-corrected chi connectivity index (χ1v) is 9.17. The molecule has 0 bridgehead atoms. The van der Waals surface area contributed by atoms with Crippen LogP contribution in [0.2, 0.25) is 0 Å². The summed E-state index contributed by atoms with van der Waals surface area (Å²) in [7, 11) is 0. The van der Waals surface area contributed by atoms with E-state index >= 15 is 0 Å². The molecule has 0 unspecified atom stereocenters. The minimum atomic E-state index is -0.103. The summed E-state index contributed by atoms with van der Waals surface area (Å²) in [4.78, 5) is 26.7. The van der Waals surface area contributed by atoms with Gasteiger partial charge in [-0.3, -0.25) is 9.59 Å². The van der Waals surface area contributed by atoms with E-state index in [2.05, 4.69) is 19.2 Å². The number of hydrogen-bond acceptors (Lipinski definition) is 2. The fourth-order valence-electron chi connectivity index (χ4n) is 3.47. The molecule has 4 heteroatoms. The number of benzene rings is 2. The van der Waals surface area contributed by atoms with Gasteiger partial charge in [-0.2, -0.15) is 0 Å². The summed E-state index contributed by atoms with van der Waals surface area (Å²) in [5.74, 6) is 0.487. The highest BCUT2D eigenvalue weighted by Crippen LogP contribution is 2.31. The Hall–Kier alpha value is -2.62. The minimum Gasteiger partial charge on any atom is -0.322 e. The van der Waals surface area contributed by atoms with Crippen LogP contribution in [0.3, 0.4) is 0 Å². The molecule has 1 aliphatic heterocycles. The second kappa shape index (κ2) is 7.32. The molecule has 0 atom stereocenters. The zero-order chi connectivity index (χ0) is 18.8. The summed E-state index contributed by atoms with van der Waals surface area (Å²) >= 11 is 0. The van der Waals surface area contributed by atoms with Gasteiger partial charge in [0.1, 0.15) is 0 Å². The Balaban J connectivity index is 1.83. The number of rotatable bonds is 4. The van der Waals surface area contributed by atoms with Gasteiger partial charge < -0.3 is 10.2 Å². The molecule has 2 aromatic carbocycles. The molecule has 4 nitrogen and oxygen atoms in total. The summed E-state index contributed by atoms with van der Waals surface area (Å²) in [5.41, 5.74) is 5.65. The number of amides is 2. The Labute approximate surface area is 155 Å². The maximum atomic E-state index is 12.6. The van der Waals surface area contributed by atoms with Crippen LogP contribution in [0.25, 0.3) is 0 Å². The van der Waals surface area contributed by atoms with Crippen LogP contribution in [0.4, 0.5) is 11.4 Å². The van der Waals surface area contributed by atoms with Crippen molar-refractivity contribution in [3.63, 3.8) is 0 Å². The SMILES string of the molecule is Cc1ccc(C(=O)Nc2ccc3c(c2)CCC(=O)N3CC(C)C)c(C)c1. The molecule has 1 heterocycles. The van der Waals surface area contributed by atoms with Crippen molar-refractivity contribution in [2.75, 3.05) is 16.8 Å². The van der Waals surface area contributed by atoms with Crippen molar-refractivity contribution in [3.8, 4) is 0 Å². The van der Waals surface area contributed by atoms with Gasteiger partial charge in [-0.1, -0.05) is 31.5 Å². The fraction of sp³-hybridized carbons (Fsp3) is 0.364. The molecule has 3 rings (SSSR count). The molecule has 0 saturated carbocycles. The standard InChI is InChI=1S/C22H26N2O2/c1-14(2)13-24-20-9-7-18(12-17(20)6-10-21(24)25)23-22(26)19-8-5-15(3)11-16(19)4/h5,7-9,11-12,14H,6,10,13H2,1-4H3,(H,23,26). The van der Waals surface area contributed by atoms with E-state index in [9.17, 15) is 9.59 Å². The Morgan fingerprint density at radius 1 is 1.12 bits per heavy atom. The number of fused-ring (bicyclic) bond motifs is 1. The van der Waals surface area contributed by atoms with Gasteiger partial charge in [0.05, 0.1) is 0 Å². The van der Waals surface area contributed by atoms with Crippen LogP contribution in [0, 0.1) is 19.8 Å². The first-order chi connectivity index (χ1) is 12.3. The van der Waals surface area contributed by atoms with Gasteiger partial charge in [-0.15, -0.1) is 0 Å². The second-order valence-corrected chi connectivity index (χ2v) is 7.51. The highest BCUT2D eigenvalue weighted by Gasteiger charge is 2.25. The fourth-order valence-corrected chi connectivity index (χ4v) is 3.47. The number of hydrogen-bond donors (Lipinski definition) is 1. The first-order valence-electron chi connectivity index (χ1n) is 9.17. The molecular formula is C22H26N2O2. The lowest BCUT2D eigenvalue weighted by atomic mass is 9.99. The van der Waals surface area contributed by atoms with Crippen LogP contribution in [-0.2, 0) is 11.2 Å². The molecule has 2 amide bonds. The number of carbonyl (C=O) groups excluding carboxylic acids is 2. The van der Waals surface area contributed by atoms with Gasteiger partial charge in [0.15, 0.2) is 0 Å². The first kappa shape index (κ1) is 18.2. The molecule has 0 fully saturated rings. The van der Waals surface area contributed by atoms with Crippen LogP contribution in [0.15, 0.2) is 36.4 Å². The Kier molecular flexibility index (Phi) is 5.12. The van der Waals surface area contributed by atoms with E-state index in [1.54, 1.807) is 0 Å². The third-order valence-corrected chi connectivity index (χ3v) is 4.71. The molecule has 0 spiro atoms. The van der Waals surface area contributed by atoms with Gasteiger partial charge in [0, 0.05) is 29.9 Å². The van der Waals surface area contributed by atoms with E-state index in [1.165, 1.54) is 0 Å². The average molecular weight is 350 g/mol. The molecule has 0 radical (unpaired) electrons. The van der Waals surface area contributed by atoms with E-state index in [0.717, 1.165) is 41.0 Å². The van der Waals surface area contributed by atoms with E-state index in [-0.39, 0.29) is 11.8 Å². The molecule has 26 heavy (non-hydrogen) atoms. The molecule has 1 N–H and O–H groups in total. The third kappa shape index (κ3) is 3.79. The van der Waals surface area contributed by atoms with Gasteiger partial charge in [-0.25, -0.2) is 0 Å². The highest BCUT2D eigenvalue weighted by molar-refractivity contribution is 6.05. The molecule has 0 aromatic heterocycles. The van der Waals surface area contributed by atoms with Crippen LogP contribution in [0.1, 0.15) is 47.3 Å². The van der Waals surface area contributed by atoms with Crippen molar-refractivity contribution in [2.24, 2.45) is 5.92 Å². The predicted molar refractivity (Wildman–Crippen MR) is 106 cm³/mol.